The third-order valence-electron chi connectivity index (χ3n) is 3.41. The molecule has 2 N–H and O–H groups in total. The van der Waals surface area contributed by atoms with E-state index in [9.17, 15) is 9.59 Å². The van der Waals surface area contributed by atoms with E-state index in [0.717, 1.165) is 0 Å². The Hall–Kier alpha value is -2.05. The van der Waals surface area contributed by atoms with E-state index in [0.29, 0.717) is 18.9 Å². The highest BCUT2D eigenvalue weighted by Gasteiger charge is 2.27. The van der Waals surface area contributed by atoms with Crippen molar-refractivity contribution in [1.82, 2.24) is 14.5 Å². The smallest absolute Gasteiger partial charge is 0.360 e. The van der Waals surface area contributed by atoms with Gasteiger partial charge < -0.3 is 19.9 Å². The number of carbonyl (C=O) groups excluding carboxylic acids is 2. The van der Waals surface area contributed by atoms with E-state index in [1.54, 1.807) is 30.2 Å². The first-order chi connectivity index (χ1) is 9.88. The van der Waals surface area contributed by atoms with E-state index in [2.05, 4.69) is 4.98 Å². The molecule has 0 aliphatic carbocycles. The summed E-state index contributed by atoms with van der Waals surface area (Å²) in [6.45, 7) is 10.5. The Balaban J connectivity index is 3.14. The van der Waals surface area contributed by atoms with Crippen LogP contribution in [-0.2, 0) is 9.53 Å². The van der Waals surface area contributed by atoms with Gasteiger partial charge in [0.05, 0.1) is 6.61 Å². The number of nitrogens with zero attached hydrogens (tertiary/aromatic N) is 3. The van der Waals surface area contributed by atoms with E-state index in [4.69, 9.17) is 10.5 Å². The fraction of sp³-hybridized carbons (Fsp3) is 0.643. The van der Waals surface area contributed by atoms with Gasteiger partial charge in [0.2, 0.25) is 5.91 Å². The summed E-state index contributed by atoms with van der Waals surface area (Å²) < 4.78 is 6.49. The summed E-state index contributed by atoms with van der Waals surface area (Å²) in [5.74, 6) is 0.0597. The fourth-order valence-electron chi connectivity index (χ4n) is 2.31. The van der Waals surface area contributed by atoms with Crippen LogP contribution in [0.3, 0.4) is 0 Å². The lowest BCUT2D eigenvalue weighted by molar-refractivity contribution is -0.133. The second-order valence-electron chi connectivity index (χ2n) is 4.67. The Morgan fingerprint density at radius 1 is 1.33 bits per heavy atom. The van der Waals surface area contributed by atoms with Gasteiger partial charge in [0.15, 0.2) is 5.69 Å². The lowest BCUT2D eigenvalue weighted by Crippen LogP contribution is -2.36. The summed E-state index contributed by atoms with van der Waals surface area (Å²) in [5.41, 5.74) is 6.05. The highest BCUT2D eigenvalue weighted by Crippen LogP contribution is 2.22. The first-order valence-electron chi connectivity index (χ1n) is 7.19. The Kier molecular flexibility index (Phi) is 5.75. The lowest BCUT2D eigenvalue weighted by Gasteiger charge is -2.24. The number of esters is 1. The van der Waals surface area contributed by atoms with Crippen LogP contribution >= 0.6 is 0 Å². The van der Waals surface area contributed by atoms with Crippen molar-refractivity contribution in [2.75, 3.05) is 25.4 Å². The quantitative estimate of drug-likeness (QED) is 0.801. The first-order valence-corrected chi connectivity index (χ1v) is 7.19. The molecule has 118 valence electrons. The first kappa shape index (κ1) is 17.0. The molecule has 7 nitrogen and oxygen atoms in total. The maximum Gasteiger partial charge on any atom is 0.360 e. The zero-order chi connectivity index (χ0) is 16.2. The predicted molar refractivity (Wildman–Crippen MR) is 80.0 cm³/mol. The minimum Gasteiger partial charge on any atom is -0.461 e. The van der Waals surface area contributed by atoms with Crippen LogP contribution in [-0.4, -0.2) is 46.0 Å². The molecule has 0 aromatic carbocycles. The van der Waals surface area contributed by atoms with Gasteiger partial charge in [-0.3, -0.25) is 4.79 Å². The van der Waals surface area contributed by atoms with Crippen LogP contribution in [0.2, 0.25) is 0 Å². The van der Waals surface area contributed by atoms with E-state index in [-0.39, 0.29) is 24.0 Å². The predicted octanol–water partition coefficient (Wildman–Crippen LogP) is 1.38. The van der Waals surface area contributed by atoms with Crippen molar-refractivity contribution >= 4 is 17.7 Å². The van der Waals surface area contributed by atoms with E-state index < -0.39 is 12.0 Å². The summed E-state index contributed by atoms with van der Waals surface area (Å²) in [4.78, 5) is 30.1. The molecule has 7 heteroatoms. The van der Waals surface area contributed by atoms with Crippen LogP contribution in [0.15, 0.2) is 0 Å². The van der Waals surface area contributed by atoms with Crippen LogP contribution in [0, 0.1) is 6.92 Å². The SMILES string of the molecule is CCOC(=O)c1nc(C)n(C(C)C(=O)N(CC)CC)c1N. The third kappa shape index (κ3) is 3.34. The molecule has 0 saturated carbocycles. The standard InChI is InChI=1S/C14H24N4O3/c1-6-17(7-2)13(19)9(4)18-10(5)16-11(12(18)15)14(20)21-8-3/h9H,6-8,15H2,1-5H3. The Morgan fingerprint density at radius 2 is 1.90 bits per heavy atom. The number of aromatic nitrogens is 2. The highest BCUT2D eigenvalue weighted by molar-refractivity contribution is 5.93. The fourth-order valence-corrected chi connectivity index (χ4v) is 2.31. The number of aryl methyl sites for hydroxylation is 1. The molecular formula is C14H24N4O3. The molecule has 1 unspecified atom stereocenters. The summed E-state index contributed by atoms with van der Waals surface area (Å²) >= 11 is 0. The summed E-state index contributed by atoms with van der Waals surface area (Å²) in [5, 5.41) is 0. The number of carbonyl (C=O) groups is 2. The maximum atomic E-state index is 12.4. The lowest BCUT2D eigenvalue weighted by atomic mass is 10.2. The van der Waals surface area contributed by atoms with Crippen LogP contribution < -0.4 is 5.73 Å². The van der Waals surface area contributed by atoms with E-state index in [1.807, 2.05) is 13.8 Å². The summed E-state index contributed by atoms with van der Waals surface area (Å²) in [6, 6.07) is -0.513. The molecule has 1 aromatic heterocycles. The van der Waals surface area contributed by atoms with Crippen molar-refractivity contribution in [3.8, 4) is 0 Å². The van der Waals surface area contributed by atoms with E-state index >= 15 is 0 Å². The highest BCUT2D eigenvalue weighted by atomic mass is 16.5. The number of ether oxygens (including phenoxy) is 1. The van der Waals surface area contributed by atoms with Crippen molar-refractivity contribution < 1.29 is 14.3 Å². The topological polar surface area (TPSA) is 90.4 Å². The van der Waals surface area contributed by atoms with Crippen molar-refractivity contribution in [3.05, 3.63) is 11.5 Å². The Bertz CT molecular complexity index is 521. The number of anilines is 1. The number of hydrogen-bond donors (Lipinski definition) is 1. The minimum absolute atomic E-state index is 0.0531. The summed E-state index contributed by atoms with van der Waals surface area (Å²) in [6.07, 6.45) is 0. The molecule has 21 heavy (non-hydrogen) atoms. The number of imidazole rings is 1. The van der Waals surface area contributed by atoms with Gasteiger partial charge in [-0.25, -0.2) is 9.78 Å². The number of likely N-dealkylation sites (N-methyl/N-ethyl adjacent to an activating group) is 1. The van der Waals surface area contributed by atoms with Crippen LogP contribution in [0.25, 0.3) is 0 Å². The third-order valence-corrected chi connectivity index (χ3v) is 3.41. The molecule has 1 rings (SSSR count). The normalized spacial score (nSPS) is 12.0. The minimum atomic E-state index is -0.570. The van der Waals surface area contributed by atoms with Gasteiger partial charge in [0.25, 0.3) is 0 Å². The van der Waals surface area contributed by atoms with E-state index in [1.165, 1.54) is 0 Å². The Labute approximate surface area is 125 Å². The van der Waals surface area contributed by atoms with Crippen LogP contribution in [0.1, 0.15) is 50.0 Å². The molecule has 0 spiro atoms. The van der Waals surface area contributed by atoms with Crippen molar-refractivity contribution in [1.29, 1.82) is 0 Å². The molecule has 0 aliphatic heterocycles. The van der Waals surface area contributed by atoms with Crippen molar-refractivity contribution in [2.24, 2.45) is 0 Å². The summed E-state index contributed by atoms with van der Waals surface area (Å²) in [7, 11) is 0. The van der Waals surface area contributed by atoms with Crippen molar-refractivity contribution in [2.45, 2.75) is 40.7 Å². The van der Waals surface area contributed by atoms with Gasteiger partial charge in [-0.1, -0.05) is 0 Å². The number of nitrogen functional groups attached to an aromatic ring is 1. The average molecular weight is 296 g/mol. The molecular weight excluding hydrogens is 272 g/mol. The number of hydrogen-bond acceptors (Lipinski definition) is 5. The van der Waals surface area contributed by atoms with Crippen LogP contribution in [0.5, 0.6) is 0 Å². The van der Waals surface area contributed by atoms with Gasteiger partial charge in [0.1, 0.15) is 17.7 Å². The maximum absolute atomic E-state index is 12.4. The van der Waals surface area contributed by atoms with Crippen molar-refractivity contribution in [3.63, 3.8) is 0 Å². The second-order valence-corrected chi connectivity index (χ2v) is 4.67. The van der Waals surface area contributed by atoms with Gasteiger partial charge in [-0.2, -0.15) is 0 Å². The average Bonchev–Trinajstić information content (AvgIpc) is 2.75. The Morgan fingerprint density at radius 3 is 2.38 bits per heavy atom. The molecule has 1 atom stereocenters. The zero-order valence-corrected chi connectivity index (χ0v) is 13.3. The zero-order valence-electron chi connectivity index (χ0n) is 13.3. The molecule has 1 amide bonds. The van der Waals surface area contributed by atoms with Gasteiger partial charge in [0, 0.05) is 13.1 Å². The molecule has 0 radical (unpaired) electrons. The van der Waals surface area contributed by atoms with Crippen LogP contribution in [0.4, 0.5) is 5.82 Å². The molecule has 1 aromatic rings. The molecule has 1 heterocycles. The molecule has 0 bridgehead atoms. The largest absolute Gasteiger partial charge is 0.461 e. The number of rotatable bonds is 6. The van der Waals surface area contributed by atoms with Gasteiger partial charge in [-0.05, 0) is 34.6 Å². The molecule has 0 saturated heterocycles. The molecule has 0 fully saturated rings. The van der Waals surface area contributed by atoms with Gasteiger partial charge in [-0.15, -0.1) is 0 Å². The molecule has 0 aliphatic rings. The number of amides is 1. The number of nitrogens with two attached hydrogens (primary N) is 1. The monoisotopic (exact) mass is 296 g/mol. The second kappa shape index (κ2) is 7.10. The van der Waals surface area contributed by atoms with Gasteiger partial charge >= 0.3 is 5.97 Å².